The van der Waals surface area contributed by atoms with Crippen molar-refractivity contribution in [3.63, 3.8) is 0 Å². The maximum atomic E-state index is 13.7. The summed E-state index contributed by atoms with van der Waals surface area (Å²) in [5.74, 6) is -0.525. The molecule has 1 heterocycles. The second kappa shape index (κ2) is 7.31. The number of carbonyl (C=O) groups is 1. The van der Waals surface area contributed by atoms with Crippen LogP contribution in [-0.4, -0.2) is 32.1 Å². The molecular weight excluding hydrogens is 271 g/mol. The second-order valence-electron chi connectivity index (χ2n) is 4.36. The highest BCUT2D eigenvalue weighted by molar-refractivity contribution is 5.94. The van der Waals surface area contributed by atoms with Gasteiger partial charge in [0, 0.05) is 18.7 Å². The molecule has 1 aromatic rings. The largest absolute Gasteiger partial charge is 0.497 e. The lowest BCUT2D eigenvalue weighted by Crippen LogP contribution is -2.45. The van der Waals surface area contributed by atoms with Crippen LogP contribution in [0.25, 0.3) is 0 Å². The summed E-state index contributed by atoms with van der Waals surface area (Å²) in [6.45, 7) is 1.72. The van der Waals surface area contributed by atoms with E-state index in [0.717, 1.165) is 25.9 Å². The fourth-order valence-corrected chi connectivity index (χ4v) is 2.05. The molecule has 0 aromatic heterocycles. The second-order valence-corrected chi connectivity index (χ2v) is 4.36. The number of carbonyl (C=O) groups excluding carboxylic acids is 1. The summed E-state index contributed by atoms with van der Waals surface area (Å²) in [5.41, 5.74) is 0.0568. The zero-order valence-electron chi connectivity index (χ0n) is 10.7. The van der Waals surface area contributed by atoms with Gasteiger partial charge in [0.1, 0.15) is 11.6 Å². The molecule has 0 spiro atoms. The molecule has 0 radical (unpaired) electrons. The van der Waals surface area contributed by atoms with Gasteiger partial charge in [-0.25, -0.2) is 4.39 Å². The molecule has 1 atom stereocenters. The Balaban J connectivity index is 0.00000180. The molecule has 0 unspecified atom stereocenters. The Labute approximate surface area is 118 Å². The summed E-state index contributed by atoms with van der Waals surface area (Å²) in [5, 5.41) is 6.03. The molecule has 1 aromatic carbocycles. The molecule has 1 amide bonds. The number of methoxy groups -OCH3 is 1. The van der Waals surface area contributed by atoms with E-state index >= 15 is 0 Å². The molecule has 0 bridgehead atoms. The number of ether oxygens (including phenoxy) is 1. The molecule has 2 rings (SSSR count). The normalized spacial score (nSPS) is 18.3. The van der Waals surface area contributed by atoms with Crippen molar-refractivity contribution in [1.29, 1.82) is 0 Å². The molecule has 2 N–H and O–H groups in total. The Kier molecular flexibility index (Phi) is 6.05. The molecule has 0 aliphatic carbocycles. The van der Waals surface area contributed by atoms with Gasteiger partial charge in [0.2, 0.25) is 0 Å². The Bertz CT molecular complexity index is 437. The van der Waals surface area contributed by atoms with Crippen LogP contribution in [-0.2, 0) is 0 Å². The van der Waals surface area contributed by atoms with Gasteiger partial charge in [-0.05, 0) is 31.5 Å². The van der Waals surface area contributed by atoms with Gasteiger partial charge in [-0.2, -0.15) is 0 Å². The minimum absolute atomic E-state index is 0. The number of rotatable bonds is 3. The average molecular weight is 289 g/mol. The van der Waals surface area contributed by atoms with Gasteiger partial charge in [0.25, 0.3) is 5.91 Å². The molecule has 106 valence electrons. The molecule has 6 heteroatoms. The van der Waals surface area contributed by atoms with Crippen molar-refractivity contribution in [3.8, 4) is 5.75 Å². The number of hydrogen-bond acceptors (Lipinski definition) is 3. The van der Waals surface area contributed by atoms with Crippen LogP contribution in [0.4, 0.5) is 4.39 Å². The number of nitrogens with one attached hydrogen (secondary N) is 2. The van der Waals surface area contributed by atoms with Gasteiger partial charge in [-0.15, -0.1) is 12.4 Å². The predicted octanol–water partition coefficient (Wildman–Crippen LogP) is 1.74. The zero-order valence-corrected chi connectivity index (χ0v) is 11.6. The lowest BCUT2D eigenvalue weighted by molar-refractivity contribution is 0.0926. The van der Waals surface area contributed by atoms with Gasteiger partial charge in [-0.1, -0.05) is 0 Å². The fraction of sp³-hybridized carbons (Fsp3) is 0.462. The van der Waals surface area contributed by atoms with Crippen molar-refractivity contribution in [2.24, 2.45) is 0 Å². The third-order valence-corrected chi connectivity index (χ3v) is 3.05. The molecule has 1 aliphatic rings. The molecule has 4 nitrogen and oxygen atoms in total. The summed E-state index contributed by atoms with van der Waals surface area (Å²) < 4.78 is 18.6. The van der Waals surface area contributed by atoms with E-state index in [0.29, 0.717) is 5.75 Å². The quantitative estimate of drug-likeness (QED) is 0.891. The Morgan fingerprint density at radius 3 is 2.89 bits per heavy atom. The predicted molar refractivity (Wildman–Crippen MR) is 73.6 cm³/mol. The van der Waals surface area contributed by atoms with Crippen molar-refractivity contribution < 1.29 is 13.9 Å². The number of piperidine rings is 1. The van der Waals surface area contributed by atoms with Gasteiger partial charge in [-0.3, -0.25) is 4.79 Å². The van der Waals surface area contributed by atoms with E-state index in [1.165, 1.54) is 19.2 Å². The number of halogens is 2. The minimum Gasteiger partial charge on any atom is -0.497 e. The molecule has 19 heavy (non-hydrogen) atoms. The molecule has 0 saturated carbocycles. The number of hydrogen-bond donors (Lipinski definition) is 2. The van der Waals surface area contributed by atoms with Crippen molar-refractivity contribution in [2.45, 2.75) is 18.9 Å². The number of amides is 1. The summed E-state index contributed by atoms with van der Waals surface area (Å²) >= 11 is 0. The first-order chi connectivity index (χ1) is 8.70. The van der Waals surface area contributed by atoms with E-state index in [9.17, 15) is 9.18 Å². The van der Waals surface area contributed by atoms with E-state index in [-0.39, 0.29) is 29.9 Å². The van der Waals surface area contributed by atoms with E-state index in [2.05, 4.69) is 10.6 Å². The summed E-state index contributed by atoms with van der Waals surface area (Å²) in [6.07, 6.45) is 1.95. The van der Waals surface area contributed by atoms with Gasteiger partial charge < -0.3 is 15.4 Å². The minimum atomic E-state index is -0.560. The van der Waals surface area contributed by atoms with Crippen LogP contribution >= 0.6 is 12.4 Å². The van der Waals surface area contributed by atoms with Crippen LogP contribution in [0.3, 0.4) is 0 Å². The first kappa shape index (κ1) is 15.7. The summed E-state index contributed by atoms with van der Waals surface area (Å²) in [7, 11) is 1.46. The van der Waals surface area contributed by atoms with Crippen LogP contribution in [0.2, 0.25) is 0 Å². The maximum Gasteiger partial charge on any atom is 0.254 e. The van der Waals surface area contributed by atoms with Crippen LogP contribution in [0, 0.1) is 5.82 Å². The topological polar surface area (TPSA) is 50.4 Å². The monoisotopic (exact) mass is 288 g/mol. The van der Waals surface area contributed by atoms with E-state index < -0.39 is 5.82 Å². The van der Waals surface area contributed by atoms with Gasteiger partial charge in [0.15, 0.2) is 0 Å². The Morgan fingerprint density at radius 2 is 2.32 bits per heavy atom. The van der Waals surface area contributed by atoms with E-state index in [1.807, 2.05) is 0 Å². The van der Waals surface area contributed by atoms with Crippen LogP contribution in [0.15, 0.2) is 18.2 Å². The standard InChI is InChI=1S/C13H17FN2O2.ClH/c1-18-10-4-5-11(12(14)7-10)13(17)16-9-3-2-6-15-8-9;/h4-5,7,9,15H,2-3,6,8H2,1H3,(H,16,17);1H/t9-;/m1./s1. The van der Waals surface area contributed by atoms with Gasteiger partial charge >= 0.3 is 0 Å². The van der Waals surface area contributed by atoms with Crippen molar-refractivity contribution in [1.82, 2.24) is 10.6 Å². The van der Waals surface area contributed by atoms with Gasteiger partial charge in [0.05, 0.1) is 12.7 Å². The third kappa shape index (κ3) is 4.08. The Morgan fingerprint density at radius 1 is 1.53 bits per heavy atom. The van der Waals surface area contributed by atoms with Crippen molar-refractivity contribution in [3.05, 3.63) is 29.6 Å². The first-order valence-corrected chi connectivity index (χ1v) is 6.06. The number of benzene rings is 1. The Hall–Kier alpha value is -1.33. The van der Waals surface area contributed by atoms with Crippen LogP contribution < -0.4 is 15.4 Å². The van der Waals surface area contributed by atoms with E-state index in [4.69, 9.17) is 4.74 Å². The molecule has 1 aliphatic heterocycles. The summed E-state index contributed by atoms with van der Waals surface area (Å²) in [4.78, 5) is 11.9. The fourth-order valence-electron chi connectivity index (χ4n) is 2.05. The average Bonchev–Trinajstić information content (AvgIpc) is 2.39. The van der Waals surface area contributed by atoms with Crippen molar-refractivity contribution in [2.75, 3.05) is 20.2 Å². The van der Waals surface area contributed by atoms with Crippen LogP contribution in [0.1, 0.15) is 23.2 Å². The highest BCUT2D eigenvalue weighted by atomic mass is 35.5. The van der Waals surface area contributed by atoms with Crippen LogP contribution in [0.5, 0.6) is 5.75 Å². The first-order valence-electron chi connectivity index (χ1n) is 6.06. The lowest BCUT2D eigenvalue weighted by atomic mass is 10.1. The third-order valence-electron chi connectivity index (χ3n) is 3.05. The highest BCUT2D eigenvalue weighted by Crippen LogP contribution is 2.16. The summed E-state index contributed by atoms with van der Waals surface area (Å²) in [6, 6.07) is 4.32. The van der Waals surface area contributed by atoms with E-state index in [1.54, 1.807) is 6.07 Å². The zero-order chi connectivity index (χ0) is 13.0. The highest BCUT2D eigenvalue weighted by Gasteiger charge is 2.18. The SMILES string of the molecule is COc1ccc(C(=O)N[C@@H]2CCCNC2)c(F)c1.Cl. The van der Waals surface area contributed by atoms with Crippen molar-refractivity contribution >= 4 is 18.3 Å². The maximum absolute atomic E-state index is 13.7. The smallest absolute Gasteiger partial charge is 0.254 e. The molecule has 1 saturated heterocycles. The lowest BCUT2D eigenvalue weighted by Gasteiger charge is -2.23. The molecule has 1 fully saturated rings. The molecular formula is C13H18ClFN2O2.